The Morgan fingerprint density at radius 1 is 0.316 bits per heavy atom. The van der Waals surface area contributed by atoms with Crippen molar-refractivity contribution < 1.29 is 0 Å². The van der Waals surface area contributed by atoms with E-state index in [-0.39, 0.29) is 0 Å². The standard InChI is InChI=1S/C88H58N10/c1-54-40-46-73(90-87(91-82(54)55-22-5-2-6-23-55)97-77-38-19-14-34-67(77)72-53-62(43-49-80(72)97)96-76-37-18-12-31-64(76)69-45-44-68-63-30-11-16-35-74(63)89-83(68)84(69)96)60-29-21-28-58(50-60)59-41-47-79-70(51-59)65-32-13-17-36-75(65)95(79)61-42-48-81-71(52-61)66-33-15-20-39-78(66)98(81)88-93-85(56-24-7-3-8-25-56)92-86(94-88)57-26-9-4-10-27-57/h2-39,41-53,89H,40H2,1H3,(H,90,91)/b73-46+,82-54?. The van der Waals surface area contributed by atoms with Crippen LogP contribution >= 0.6 is 0 Å². The van der Waals surface area contributed by atoms with Gasteiger partial charge in [-0.3, -0.25) is 9.13 Å². The quantitative estimate of drug-likeness (QED) is 0.158. The van der Waals surface area contributed by atoms with E-state index in [2.05, 4.69) is 308 Å². The summed E-state index contributed by atoms with van der Waals surface area (Å²) in [5, 5.41) is 15.7. The van der Waals surface area contributed by atoms with Crippen molar-refractivity contribution in [1.82, 2.24) is 43.5 Å². The van der Waals surface area contributed by atoms with Gasteiger partial charge in [-0.15, -0.1) is 0 Å². The third kappa shape index (κ3) is 8.67. The molecule has 10 nitrogen and oxygen atoms in total. The SMILES string of the molecule is CC1=C(c2ccccc2)N=C(n2c3ccccc3c3cc(-n4c5ccccc5c5ccc6c7ccccc7[nH]c6c54)ccc32)N/C(c2cccc(-c3ccc4c(c3)c3ccccc3n4-c3ccc4c(c3)c3ccccc3n4-c3nc(-c4ccccc4)nc(-c4ccccc4)n3)c2)=C/C1. The van der Waals surface area contributed by atoms with Crippen LogP contribution in [0.15, 0.2) is 320 Å². The summed E-state index contributed by atoms with van der Waals surface area (Å²) < 4.78 is 9.37. The predicted molar refractivity (Wildman–Crippen MR) is 406 cm³/mol. The van der Waals surface area contributed by atoms with Crippen LogP contribution in [0.1, 0.15) is 24.5 Å². The largest absolute Gasteiger partial charge is 0.353 e. The molecule has 2 N–H and O–H groups in total. The van der Waals surface area contributed by atoms with Crippen molar-refractivity contribution in [3.8, 4) is 51.2 Å². The third-order valence-corrected chi connectivity index (χ3v) is 19.9. The minimum atomic E-state index is 0.561. The Kier molecular flexibility index (Phi) is 12.4. The number of H-pyrrole nitrogens is 1. The molecule has 7 heterocycles. The van der Waals surface area contributed by atoms with E-state index in [4.69, 9.17) is 19.9 Å². The van der Waals surface area contributed by atoms with Gasteiger partial charge in [-0.1, -0.05) is 224 Å². The molecular weight excluding hydrogens is 1200 g/mol. The van der Waals surface area contributed by atoms with Crippen LogP contribution in [0.25, 0.3) is 172 Å². The number of rotatable bonds is 8. The molecule has 98 heavy (non-hydrogen) atoms. The molecule has 1 aliphatic rings. The fourth-order valence-electron chi connectivity index (χ4n) is 15.4. The number of para-hydroxylation sites is 5. The molecule has 0 unspecified atom stereocenters. The van der Waals surface area contributed by atoms with Crippen LogP contribution in [-0.4, -0.2) is 44.2 Å². The lowest BCUT2D eigenvalue weighted by Gasteiger charge is -2.21. The molecule has 0 bridgehead atoms. The van der Waals surface area contributed by atoms with Gasteiger partial charge in [-0.2, -0.15) is 9.97 Å². The number of allylic oxidation sites excluding steroid dienone is 2. The van der Waals surface area contributed by atoms with Gasteiger partial charge in [0.2, 0.25) is 11.9 Å². The van der Waals surface area contributed by atoms with Gasteiger partial charge in [0.15, 0.2) is 11.6 Å². The predicted octanol–water partition coefficient (Wildman–Crippen LogP) is 21.6. The number of fused-ring (bicyclic) bond motifs is 16. The summed E-state index contributed by atoms with van der Waals surface area (Å²) in [7, 11) is 0. The third-order valence-electron chi connectivity index (χ3n) is 19.9. The average molecular weight is 1260 g/mol. The topological polar surface area (TPSA) is 98.6 Å². The van der Waals surface area contributed by atoms with Crippen molar-refractivity contribution in [3.63, 3.8) is 0 Å². The number of aromatic nitrogens is 8. The van der Waals surface area contributed by atoms with Crippen LogP contribution in [0.5, 0.6) is 0 Å². The zero-order valence-corrected chi connectivity index (χ0v) is 53.2. The van der Waals surface area contributed by atoms with Crippen LogP contribution in [0.2, 0.25) is 0 Å². The van der Waals surface area contributed by atoms with E-state index in [1.807, 2.05) is 36.4 Å². The van der Waals surface area contributed by atoms with Crippen molar-refractivity contribution in [1.29, 1.82) is 0 Å². The van der Waals surface area contributed by atoms with Gasteiger partial charge < -0.3 is 19.4 Å². The zero-order valence-electron chi connectivity index (χ0n) is 53.2. The molecule has 0 fully saturated rings. The number of nitrogens with zero attached hydrogens (tertiary/aromatic N) is 8. The Morgan fingerprint density at radius 2 is 0.776 bits per heavy atom. The lowest BCUT2D eigenvalue weighted by Crippen LogP contribution is -2.30. The molecule has 0 saturated carbocycles. The summed E-state index contributed by atoms with van der Waals surface area (Å²) in [5.74, 6) is 2.51. The first kappa shape index (κ1) is 55.3. The first-order valence-electron chi connectivity index (χ1n) is 33.3. The molecule has 0 radical (unpaired) electrons. The van der Waals surface area contributed by atoms with E-state index >= 15 is 0 Å². The summed E-state index contributed by atoms with van der Waals surface area (Å²) in [6.45, 7) is 2.22. The first-order chi connectivity index (χ1) is 48.5. The van der Waals surface area contributed by atoms with E-state index in [1.165, 1.54) is 37.9 Å². The van der Waals surface area contributed by atoms with E-state index in [1.54, 1.807) is 0 Å². The molecule has 6 aromatic heterocycles. The Bertz CT molecular complexity index is 6560. The van der Waals surface area contributed by atoms with Crippen molar-refractivity contribution in [2.45, 2.75) is 13.3 Å². The number of benzene rings is 13. The molecule has 19 aromatic rings. The minimum absolute atomic E-state index is 0.561. The average Bonchev–Trinajstić information content (AvgIpc) is 1.56. The zero-order chi connectivity index (χ0) is 64.5. The Morgan fingerprint density at radius 3 is 1.43 bits per heavy atom. The van der Waals surface area contributed by atoms with Crippen molar-refractivity contribution in [3.05, 3.63) is 326 Å². The van der Waals surface area contributed by atoms with Gasteiger partial charge in [-0.05, 0) is 121 Å². The Balaban J connectivity index is 0.695. The summed E-state index contributed by atoms with van der Waals surface area (Å²) >= 11 is 0. The number of hydrogen-bond acceptors (Lipinski definition) is 5. The van der Waals surface area contributed by atoms with Gasteiger partial charge in [0.05, 0.1) is 55.3 Å². The van der Waals surface area contributed by atoms with Gasteiger partial charge in [0.25, 0.3) is 0 Å². The second-order valence-electron chi connectivity index (χ2n) is 25.6. The molecule has 13 aromatic carbocycles. The lowest BCUT2D eigenvalue weighted by atomic mass is 9.98. The molecule has 10 heteroatoms. The molecule has 0 spiro atoms. The van der Waals surface area contributed by atoms with Crippen molar-refractivity contribution >= 4 is 126 Å². The maximum Gasteiger partial charge on any atom is 0.238 e. The molecule has 0 aliphatic carbocycles. The fraction of sp³-hybridized carbons (Fsp3) is 0.0227. The van der Waals surface area contributed by atoms with Crippen LogP contribution < -0.4 is 5.32 Å². The van der Waals surface area contributed by atoms with E-state index in [0.717, 1.165) is 133 Å². The normalized spacial score (nSPS) is 13.6. The first-order valence-corrected chi connectivity index (χ1v) is 33.3. The van der Waals surface area contributed by atoms with Crippen LogP contribution in [0.4, 0.5) is 0 Å². The van der Waals surface area contributed by atoms with Gasteiger partial charge in [0, 0.05) is 93.1 Å². The number of nitrogens with one attached hydrogen (secondary N) is 2. The van der Waals surface area contributed by atoms with Crippen LogP contribution in [-0.2, 0) is 0 Å². The highest BCUT2D eigenvalue weighted by molar-refractivity contribution is 6.24. The molecule has 20 rings (SSSR count). The van der Waals surface area contributed by atoms with Gasteiger partial charge >= 0.3 is 0 Å². The van der Waals surface area contributed by atoms with Gasteiger partial charge in [0.1, 0.15) is 0 Å². The van der Waals surface area contributed by atoms with E-state index in [0.29, 0.717) is 30.0 Å². The fourth-order valence-corrected chi connectivity index (χ4v) is 15.4. The number of aromatic amines is 1. The highest BCUT2D eigenvalue weighted by Crippen LogP contribution is 2.43. The van der Waals surface area contributed by atoms with E-state index < -0.39 is 0 Å². The second-order valence-corrected chi connectivity index (χ2v) is 25.6. The molecule has 460 valence electrons. The maximum atomic E-state index is 5.75. The minimum Gasteiger partial charge on any atom is -0.353 e. The lowest BCUT2D eigenvalue weighted by molar-refractivity contribution is 0.953. The summed E-state index contributed by atoms with van der Waals surface area (Å²) in [6, 6.07) is 109. The van der Waals surface area contributed by atoms with Crippen molar-refractivity contribution in [2.24, 2.45) is 4.99 Å². The molecule has 0 saturated heterocycles. The monoisotopic (exact) mass is 1250 g/mol. The van der Waals surface area contributed by atoms with E-state index in [9.17, 15) is 0 Å². The summed E-state index contributed by atoms with van der Waals surface area (Å²) in [6.07, 6.45) is 3.04. The van der Waals surface area contributed by atoms with Crippen LogP contribution in [0, 0.1) is 0 Å². The van der Waals surface area contributed by atoms with Crippen molar-refractivity contribution in [2.75, 3.05) is 0 Å². The second kappa shape index (κ2) is 22.0. The number of hydrogen-bond donors (Lipinski definition) is 2. The molecule has 0 atom stereocenters. The summed E-state index contributed by atoms with van der Waals surface area (Å²) in [4.78, 5) is 25.0. The van der Waals surface area contributed by atoms with Crippen LogP contribution in [0.3, 0.4) is 0 Å². The number of aliphatic imine (C=N–C) groups is 1. The molecule has 0 amide bonds. The van der Waals surface area contributed by atoms with Gasteiger partial charge in [-0.25, -0.2) is 9.98 Å². The summed E-state index contributed by atoms with van der Waals surface area (Å²) in [5.41, 5.74) is 22.4. The highest BCUT2D eigenvalue weighted by Gasteiger charge is 2.25. The Hall–Kier alpha value is -13.2. The smallest absolute Gasteiger partial charge is 0.238 e. The molecule has 1 aliphatic heterocycles. The Labute approximate surface area is 562 Å². The highest BCUT2D eigenvalue weighted by atomic mass is 15.2. The maximum absolute atomic E-state index is 5.75. The molecular formula is C88H58N10.